The molecule has 0 bridgehead atoms. The van der Waals surface area contributed by atoms with Crippen LogP contribution < -0.4 is 0 Å². The van der Waals surface area contributed by atoms with Gasteiger partial charge in [0.2, 0.25) is 0 Å². The Labute approximate surface area is 93.9 Å². The van der Waals surface area contributed by atoms with Crippen molar-refractivity contribution in [3.8, 4) is 0 Å². The summed E-state index contributed by atoms with van der Waals surface area (Å²) in [7, 11) is 0. The van der Waals surface area contributed by atoms with Gasteiger partial charge in [-0.2, -0.15) is 5.10 Å². The molecule has 0 aliphatic heterocycles. The van der Waals surface area contributed by atoms with Crippen molar-refractivity contribution in [3.05, 3.63) is 29.9 Å². The zero-order valence-corrected chi connectivity index (χ0v) is 9.35. The van der Waals surface area contributed by atoms with Crippen molar-refractivity contribution in [3.63, 3.8) is 0 Å². The van der Waals surface area contributed by atoms with Crippen LogP contribution in [0.25, 0.3) is 0 Å². The maximum atomic E-state index is 4.62. The minimum Gasteiger partial charge on any atom is -0.344 e. The molecule has 2 heterocycles. The van der Waals surface area contributed by atoms with Crippen LogP contribution in [0, 0.1) is 5.92 Å². The van der Waals surface area contributed by atoms with Gasteiger partial charge in [0.25, 0.3) is 0 Å². The second kappa shape index (κ2) is 3.73. The smallest absolute Gasteiger partial charge is 0.137 e. The number of hydrogen-bond donors (Lipinski definition) is 1. The average Bonchev–Trinajstić information content (AvgIpc) is 2.86. The number of aryl methyl sites for hydroxylation is 1. The molecule has 0 aromatic carbocycles. The molecule has 1 aliphatic rings. The number of aromatic amines is 1. The summed E-state index contributed by atoms with van der Waals surface area (Å²) in [6.45, 7) is 2.97. The molecule has 16 heavy (non-hydrogen) atoms. The summed E-state index contributed by atoms with van der Waals surface area (Å²) in [4.78, 5) is 11.9. The molecule has 0 radical (unpaired) electrons. The summed E-state index contributed by atoms with van der Waals surface area (Å²) >= 11 is 0. The summed E-state index contributed by atoms with van der Waals surface area (Å²) in [6.07, 6.45) is 6.74. The number of fused-ring (bicyclic) bond motifs is 1. The lowest BCUT2D eigenvalue weighted by atomic mass is 9.92. The Bertz CT molecular complexity index is 471. The molecule has 1 unspecified atom stereocenters. The van der Waals surface area contributed by atoms with E-state index in [0.29, 0.717) is 6.54 Å². The lowest BCUT2D eigenvalue weighted by Crippen LogP contribution is -2.10. The Balaban J connectivity index is 1.82. The highest BCUT2D eigenvalue weighted by Crippen LogP contribution is 2.23. The zero-order chi connectivity index (χ0) is 11.0. The van der Waals surface area contributed by atoms with Gasteiger partial charge in [-0.1, -0.05) is 6.92 Å². The molecular weight excluding hydrogens is 202 g/mol. The van der Waals surface area contributed by atoms with Crippen LogP contribution in [0.1, 0.15) is 30.6 Å². The molecule has 1 aliphatic carbocycles. The molecule has 2 aromatic heterocycles. The topological polar surface area (TPSA) is 59.4 Å². The standard InChI is InChI=1S/C11H15N5/c1-8-2-3-9-10(4-8)15-11(14-9)5-16-7-12-6-13-16/h6-8H,2-5H2,1H3,(H,14,15). The molecule has 3 rings (SSSR count). The van der Waals surface area contributed by atoms with Gasteiger partial charge in [0.1, 0.15) is 25.0 Å². The van der Waals surface area contributed by atoms with Gasteiger partial charge in [-0.15, -0.1) is 0 Å². The van der Waals surface area contributed by atoms with Gasteiger partial charge in [-0.25, -0.2) is 14.6 Å². The normalized spacial score (nSPS) is 19.7. The zero-order valence-electron chi connectivity index (χ0n) is 9.35. The van der Waals surface area contributed by atoms with Crippen LogP contribution in [-0.4, -0.2) is 24.7 Å². The van der Waals surface area contributed by atoms with Gasteiger partial charge in [-0.05, 0) is 25.2 Å². The molecule has 0 saturated carbocycles. The molecule has 0 fully saturated rings. The lowest BCUT2D eigenvalue weighted by molar-refractivity contribution is 0.492. The van der Waals surface area contributed by atoms with Crippen molar-refractivity contribution in [1.29, 1.82) is 0 Å². The Morgan fingerprint density at radius 2 is 2.50 bits per heavy atom. The minimum atomic E-state index is 0.682. The third-order valence-electron chi connectivity index (χ3n) is 3.12. The van der Waals surface area contributed by atoms with Gasteiger partial charge in [0.15, 0.2) is 0 Å². The largest absolute Gasteiger partial charge is 0.344 e. The Kier molecular flexibility index (Phi) is 2.23. The molecule has 1 N–H and O–H groups in total. The SMILES string of the molecule is CC1CCc2nc(Cn3cncn3)[nH]c2C1. The highest BCUT2D eigenvalue weighted by molar-refractivity contribution is 5.18. The molecule has 5 nitrogen and oxygen atoms in total. The quantitative estimate of drug-likeness (QED) is 0.821. The van der Waals surface area contributed by atoms with Gasteiger partial charge in [0.05, 0.1) is 5.69 Å². The van der Waals surface area contributed by atoms with Crippen LogP contribution in [0.15, 0.2) is 12.7 Å². The molecule has 2 aromatic rings. The van der Waals surface area contributed by atoms with Crippen LogP contribution in [0.3, 0.4) is 0 Å². The average molecular weight is 217 g/mol. The fraction of sp³-hybridized carbons (Fsp3) is 0.545. The number of nitrogens with one attached hydrogen (secondary N) is 1. The van der Waals surface area contributed by atoms with E-state index in [4.69, 9.17) is 0 Å². The highest BCUT2D eigenvalue weighted by atomic mass is 15.3. The summed E-state index contributed by atoms with van der Waals surface area (Å²) in [5.74, 6) is 1.76. The van der Waals surface area contributed by atoms with Gasteiger partial charge in [-0.3, -0.25) is 0 Å². The van der Waals surface area contributed by atoms with Crippen LogP contribution in [-0.2, 0) is 19.4 Å². The Morgan fingerprint density at radius 3 is 3.31 bits per heavy atom. The van der Waals surface area contributed by atoms with E-state index in [-0.39, 0.29) is 0 Å². The van der Waals surface area contributed by atoms with Gasteiger partial charge < -0.3 is 4.98 Å². The fourth-order valence-electron chi connectivity index (χ4n) is 2.26. The molecule has 5 heteroatoms. The van der Waals surface area contributed by atoms with Crippen molar-refractivity contribution < 1.29 is 0 Å². The Hall–Kier alpha value is -1.65. The van der Waals surface area contributed by atoms with E-state index in [1.165, 1.54) is 17.8 Å². The summed E-state index contributed by atoms with van der Waals surface area (Å²) in [5.41, 5.74) is 2.56. The summed E-state index contributed by atoms with van der Waals surface area (Å²) in [5, 5.41) is 4.08. The third-order valence-corrected chi connectivity index (χ3v) is 3.12. The van der Waals surface area contributed by atoms with E-state index in [9.17, 15) is 0 Å². The number of rotatable bonds is 2. The number of H-pyrrole nitrogens is 1. The molecule has 0 spiro atoms. The monoisotopic (exact) mass is 217 g/mol. The van der Waals surface area contributed by atoms with Crippen molar-refractivity contribution in [2.75, 3.05) is 0 Å². The minimum absolute atomic E-state index is 0.682. The first-order valence-electron chi connectivity index (χ1n) is 5.70. The second-order valence-corrected chi connectivity index (χ2v) is 4.55. The van der Waals surface area contributed by atoms with E-state index < -0.39 is 0 Å². The van der Waals surface area contributed by atoms with Crippen LogP contribution in [0.5, 0.6) is 0 Å². The maximum Gasteiger partial charge on any atom is 0.137 e. The number of imidazole rings is 1. The molecule has 84 valence electrons. The molecule has 0 saturated heterocycles. The fourth-order valence-corrected chi connectivity index (χ4v) is 2.26. The molecule has 1 atom stereocenters. The first-order chi connectivity index (χ1) is 7.81. The van der Waals surface area contributed by atoms with Crippen molar-refractivity contribution in [2.24, 2.45) is 5.92 Å². The van der Waals surface area contributed by atoms with E-state index in [0.717, 1.165) is 24.6 Å². The maximum absolute atomic E-state index is 4.62. The van der Waals surface area contributed by atoms with Gasteiger partial charge >= 0.3 is 0 Å². The number of aromatic nitrogens is 5. The van der Waals surface area contributed by atoms with Crippen LogP contribution in [0.2, 0.25) is 0 Å². The van der Waals surface area contributed by atoms with E-state index in [1.54, 1.807) is 17.3 Å². The number of hydrogen-bond acceptors (Lipinski definition) is 3. The van der Waals surface area contributed by atoms with Crippen molar-refractivity contribution >= 4 is 0 Å². The predicted octanol–water partition coefficient (Wildman–Crippen LogP) is 1.17. The van der Waals surface area contributed by atoms with E-state index >= 15 is 0 Å². The van der Waals surface area contributed by atoms with Gasteiger partial charge in [0, 0.05) is 5.69 Å². The summed E-state index contributed by atoms with van der Waals surface area (Å²) < 4.78 is 1.79. The van der Waals surface area contributed by atoms with E-state index in [2.05, 4.69) is 27.0 Å². The van der Waals surface area contributed by atoms with Crippen LogP contribution in [0.4, 0.5) is 0 Å². The van der Waals surface area contributed by atoms with E-state index in [1.807, 2.05) is 0 Å². The van der Waals surface area contributed by atoms with Crippen LogP contribution >= 0.6 is 0 Å². The predicted molar refractivity (Wildman–Crippen MR) is 58.9 cm³/mol. The molecular formula is C11H15N5. The second-order valence-electron chi connectivity index (χ2n) is 4.55. The number of nitrogens with zero attached hydrogens (tertiary/aromatic N) is 4. The summed E-state index contributed by atoms with van der Waals surface area (Å²) in [6, 6.07) is 0. The third kappa shape index (κ3) is 1.73. The van der Waals surface area contributed by atoms with Crippen molar-refractivity contribution in [1.82, 2.24) is 24.7 Å². The molecule has 0 amide bonds. The van der Waals surface area contributed by atoms with Crippen molar-refractivity contribution in [2.45, 2.75) is 32.7 Å². The highest BCUT2D eigenvalue weighted by Gasteiger charge is 2.19. The Morgan fingerprint density at radius 1 is 1.56 bits per heavy atom. The first-order valence-corrected chi connectivity index (χ1v) is 5.70. The lowest BCUT2D eigenvalue weighted by Gasteiger charge is -2.15. The first kappa shape index (κ1) is 9.57.